The van der Waals surface area contributed by atoms with Gasteiger partial charge in [-0.1, -0.05) is 6.92 Å². The predicted molar refractivity (Wildman–Crippen MR) is 66.9 cm³/mol. The van der Waals surface area contributed by atoms with E-state index in [-0.39, 0.29) is 4.90 Å². The third-order valence-electron chi connectivity index (χ3n) is 3.28. The van der Waals surface area contributed by atoms with E-state index in [4.69, 9.17) is 4.55 Å². The second-order valence-corrected chi connectivity index (χ2v) is 6.06. The van der Waals surface area contributed by atoms with Crippen LogP contribution in [0.5, 0.6) is 0 Å². The average Bonchev–Trinajstić information content (AvgIpc) is 2.29. The SMILES string of the molecule is CC1CCN(c2ccc(S(=O)(=O)O)cc2)CC1. The number of rotatable bonds is 2. The number of nitrogens with zero attached hydrogens (tertiary/aromatic N) is 1. The summed E-state index contributed by atoms with van der Waals surface area (Å²) in [5, 5.41) is 0. The molecule has 2 rings (SSSR count). The molecule has 1 N–H and O–H groups in total. The van der Waals surface area contributed by atoms with E-state index in [9.17, 15) is 8.42 Å². The number of hydrogen-bond donors (Lipinski definition) is 1. The minimum atomic E-state index is -4.08. The van der Waals surface area contributed by atoms with Crippen molar-refractivity contribution in [1.29, 1.82) is 0 Å². The summed E-state index contributed by atoms with van der Waals surface area (Å²) in [6.07, 6.45) is 2.33. The van der Waals surface area contributed by atoms with Crippen LogP contribution in [0.1, 0.15) is 19.8 Å². The van der Waals surface area contributed by atoms with Gasteiger partial charge in [0.1, 0.15) is 0 Å². The quantitative estimate of drug-likeness (QED) is 0.823. The van der Waals surface area contributed by atoms with E-state index in [1.807, 2.05) is 0 Å². The van der Waals surface area contributed by atoms with Crippen molar-refractivity contribution >= 4 is 15.8 Å². The average molecular weight is 255 g/mol. The molecule has 17 heavy (non-hydrogen) atoms. The van der Waals surface area contributed by atoms with Crippen LogP contribution in [0.3, 0.4) is 0 Å². The summed E-state index contributed by atoms with van der Waals surface area (Å²) in [5.74, 6) is 0.767. The Morgan fingerprint density at radius 1 is 1.18 bits per heavy atom. The predicted octanol–water partition coefficient (Wildman–Crippen LogP) is 2.17. The highest BCUT2D eigenvalue weighted by molar-refractivity contribution is 7.85. The molecule has 0 spiro atoms. The van der Waals surface area contributed by atoms with Crippen molar-refractivity contribution < 1.29 is 13.0 Å². The van der Waals surface area contributed by atoms with Gasteiger partial charge in [0, 0.05) is 18.8 Å². The molecule has 0 radical (unpaired) electrons. The van der Waals surface area contributed by atoms with Crippen LogP contribution in [0.2, 0.25) is 0 Å². The van der Waals surface area contributed by atoms with Crippen molar-refractivity contribution in [3.05, 3.63) is 24.3 Å². The maximum absolute atomic E-state index is 10.9. The Morgan fingerprint density at radius 2 is 1.71 bits per heavy atom. The molecule has 0 amide bonds. The maximum atomic E-state index is 10.9. The van der Waals surface area contributed by atoms with E-state index < -0.39 is 10.1 Å². The highest BCUT2D eigenvalue weighted by atomic mass is 32.2. The Bertz CT molecular complexity index is 473. The topological polar surface area (TPSA) is 57.6 Å². The van der Waals surface area contributed by atoms with Crippen molar-refractivity contribution in [3.63, 3.8) is 0 Å². The summed E-state index contributed by atoms with van der Waals surface area (Å²) in [4.78, 5) is 2.19. The molecule has 0 aromatic heterocycles. The van der Waals surface area contributed by atoms with Crippen molar-refractivity contribution in [3.8, 4) is 0 Å². The first-order chi connectivity index (χ1) is 7.97. The van der Waals surface area contributed by atoms with E-state index in [1.165, 1.54) is 25.0 Å². The molecule has 94 valence electrons. The second-order valence-electron chi connectivity index (χ2n) is 4.64. The molecular formula is C12H17NO3S. The Morgan fingerprint density at radius 3 is 2.18 bits per heavy atom. The Kier molecular flexibility index (Phi) is 3.40. The Labute approximate surface area is 102 Å². The fourth-order valence-corrected chi connectivity index (χ4v) is 2.58. The molecule has 1 aromatic carbocycles. The van der Waals surface area contributed by atoms with Crippen molar-refractivity contribution in [2.75, 3.05) is 18.0 Å². The Balaban J connectivity index is 2.13. The van der Waals surface area contributed by atoms with Gasteiger partial charge in [-0.2, -0.15) is 8.42 Å². The lowest BCUT2D eigenvalue weighted by atomic mass is 9.99. The van der Waals surface area contributed by atoms with Gasteiger partial charge in [0.25, 0.3) is 10.1 Å². The standard InChI is InChI=1S/C12H17NO3S/c1-10-6-8-13(9-7-10)11-2-4-12(5-3-11)17(14,15)16/h2-5,10H,6-9H2,1H3,(H,14,15,16). The molecule has 0 atom stereocenters. The molecule has 1 heterocycles. The van der Waals surface area contributed by atoms with Gasteiger partial charge in [-0.3, -0.25) is 4.55 Å². The minimum absolute atomic E-state index is 0.0494. The molecule has 1 fully saturated rings. The first kappa shape index (κ1) is 12.4. The molecule has 0 bridgehead atoms. The lowest BCUT2D eigenvalue weighted by Crippen LogP contribution is -2.32. The highest BCUT2D eigenvalue weighted by Gasteiger charge is 2.16. The van der Waals surface area contributed by atoms with Crippen LogP contribution >= 0.6 is 0 Å². The van der Waals surface area contributed by atoms with Gasteiger partial charge in [0.05, 0.1) is 4.90 Å². The molecule has 1 aliphatic heterocycles. The molecule has 0 unspecified atom stereocenters. The van der Waals surface area contributed by atoms with Crippen LogP contribution in [0.25, 0.3) is 0 Å². The zero-order chi connectivity index (χ0) is 12.5. The smallest absolute Gasteiger partial charge is 0.294 e. The molecule has 1 aromatic rings. The summed E-state index contributed by atoms with van der Waals surface area (Å²) in [6.45, 7) is 4.26. The van der Waals surface area contributed by atoms with Crippen LogP contribution in [0.15, 0.2) is 29.2 Å². The summed E-state index contributed by atoms with van der Waals surface area (Å²) in [5.41, 5.74) is 1.02. The van der Waals surface area contributed by atoms with Crippen LogP contribution in [-0.4, -0.2) is 26.1 Å². The molecule has 0 saturated carbocycles. The van der Waals surface area contributed by atoms with Gasteiger partial charge >= 0.3 is 0 Å². The summed E-state index contributed by atoms with van der Waals surface area (Å²) >= 11 is 0. The number of benzene rings is 1. The van der Waals surface area contributed by atoms with Gasteiger partial charge in [-0.05, 0) is 43.0 Å². The van der Waals surface area contributed by atoms with Gasteiger partial charge < -0.3 is 4.90 Å². The molecule has 0 aliphatic carbocycles. The van der Waals surface area contributed by atoms with Gasteiger partial charge in [0.2, 0.25) is 0 Å². The van der Waals surface area contributed by atoms with E-state index >= 15 is 0 Å². The summed E-state index contributed by atoms with van der Waals surface area (Å²) in [7, 11) is -4.08. The largest absolute Gasteiger partial charge is 0.372 e. The van der Waals surface area contributed by atoms with Gasteiger partial charge in [-0.15, -0.1) is 0 Å². The van der Waals surface area contributed by atoms with Crippen molar-refractivity contribution in [1.82, 2.24) is 0 Å². The maximum Gasteiger partial charge on any atom is 0.294 e. The third-order valence-corrected chi connectivity index (χ3v) is 4.15. The summed E-state index contributed by atoms with van der Waals surface area (Å²) in [6, 6.07) is 6.39. The summed E-state index contributed by atoms with van der Waals surface area (Å²) < 4.78 is 30.7. The van der Waals surface area contributed by atoms with Crippen LogP contribution < -0.4 is 4.90 Å². The number of anilines is 1. The molecular weight excluding hydrogens is 238 g/mol. The van der Waals surface area contributed by atoms with Crippen LogP contribution in [-0.2, 0) is 10.1 Å². The van der Waals surface area contributed by atoms with E-state index in [0.29, 0.717) is 0 Å². The van der Waals surface area contributed by atoms with Crippen molar-refractivity contribution in [2.24, 2.45) is 5.92 Å². The lowest BCUT2D eigenvalue weighted by molar-refractivity contribution is 0.438. The van der Waals surface area contributed by atoms with E-state index in [1.54, 1.807) is 12.1 Å². The molecule has 1 saturated heterocycles. The van der Waals surface area contributed by atoms with Crippen LogP contribution in [0, 0.1) is 5.92 Å². The second kappa shape index (κ2) is 4.66. The first-order valence-corrected chi connectivity index (χ1v) is 7.23. The molecule has 4 nitrogen and oxygen atoms in total. The molecule has 1 aliphatic rings. The molecule has 5 heteroatoms. The van der Waals surface area contributed by atoms with Crippen molar-refractivity contribution in [2.45, 2.75) is 24.7 Å². The number of piperidine rings is 1. The third kappa shape index (κ3) is 2.98. The van der Waals surface area contributed by atoms with E-state index in [2.05, 4.69) is 11.8 Å². The van der Waals surface area contributed by atoms with E-state index in [0.717, 1.165) is 24.7 Å². The fourth-order valence-electron chi connectivity index (χ4n) is 2.10. The Hall–Kier alpha value is -1.07. The number of hydrogen-bond acceptors (Lipinski definition) is 3. The van der Waals surface area contributed by atoms with Crippen LogP contribution in [0.4, 0.5) is 5.69 Å². The van der Waals surface area contributed by atoms with Gasteiger partial charge in [-0.25, -0.2) is 0 Å². The van der Waals surface area contributed by atoms with Gasteiger partial charge in [0.15, 0.2) is 0 Å². The minimum Gasteiger partial charge on any atom is -0.372 e. The zero-order valence-corrected chi connectivity index (χ0v) is 10.7. The monoisotopic (exact) mass is 255 g/mol. The highest BCUT2D eigenvalue weighted by Crippen LogP contribution is 2.23. The normalized spacial score (nSPS) is 18.4. The fraction of sp³-hybridized carbons (Fsp3) is 0.500. The first-order valence-electron chi connectivity index (χ1n) is 5.79. The lowest BCUT2D eigenvalue weighted by Gasteiger charge is -2.32. The zero-order valence-electron chi connectivity index (χ0n) is 9.83.